The lowest BCUT2D eigenvalue weighted by Gasteiger charge is -2.21. The van der Waals surface area contributed by atoms with E-state index in [9.17, 15) is 4.79 Å². The summed E-state index contributed by atoms with van der Waals surface area (Å²) in [5, 5.41) is 9.74. The molecule has 7 heteroatoms. The van der Waals surface area contributed by atoms with E-state index in [2.05, 4.69) is 4.98 Å². The van der Waals surface area contributed by atoms with Crippen LogP contribution in [0.5, 0.6) is 5.75 Å². The molecule has 1 saturated carbocycles. The van der Waals surface area contributed by atoms with E-state index >= 15 is 0 Å². The van der Waals surface area contributed by atoms with Crippen molar-refractivity contribution < 1.29 is 14.6 Å². The zero-order valence-electron chi connectivity index (χ0n) is 15.8. The molecular formula is C21H24Cl2N2O3. The van der Waals surface area contributed by atoms with Crippen molar-refractivity contribution >= 4 is 35.2 Å². The molecule has 0 amide bonds. The van der Waals surface area contributed by atoms with Gasteiger partial charge in [-0.3, -0.25) is 0 Å². The zero-order chi connectivity index (χ0) is 20.1. The molecule has 3 rings (SSSR count). The Morgan fingerprint density at radius 3 is 2.75 bits per heavy atom. The molecule has 1 aromatic heterocycles. The van der Waals surface area contributed by atoms with Gasteiger partial charge in [-0.2, -0.15) is 0 Å². The number of nitrogens with zero attached hydrogens (tertiary/aromatic N) is 2. The number of aryl methyl sites for hydroxylation is 1. The van der Waals surface area contributed by atoms with Crippen LogP contribution in [0.2, 0.25) is 10.2 Å². The van der Waals surface area contributed by atoms with Crippen LogP contribution < -0.4 is 4.74 Å². The topological polar surface area (TPSA) is 64.3 Å². The summed E-state index contributed by atoms with van der Waals surface area (Å²) in [6.07, 6.45) is 8.87. The smallest absolute Gasteiger partial charge is 0.328 e. The Bertz CT molecular complexity index is 871. The third-order valence-electron chi connectivity index (χ3n) is 5.10. The molecule has 1 fully saturated rings. The number of carbonyl (C=O) groups is 1. The summed E-state index contributed by atoms with van der Waals surface area (Å²) in [4.78, 5) is 15.1. The van der Waals surface area contributed by atoms with Crippen molar-refractivity contribution in [3.05, 3.63) is 51.5 Å². The van der Waals surface area contributed by atoms with Crippen LogP contribution in [0, 0.1) is 12.8 Å². The van der Waals surface area contributed by atoms with Crippen molar-refractivity contribution in [3.63, 3.8) is 0 Å². The molecule has 0 bridgehead atoms. The van der Waals surface area contributed by atoms with E-state index in [1.807, 2.05) is 29.7 Å². The number of carboxylic acids is 1. The molecule has 1 aliphatic rings. The highest BCUT2D eigenvalue weighted by atomic mass is 35.5. The molecule has 0 radical (unpaired) electrons. The highest BCUT2D eigenvalue weighted by molar-refractivity contribution is 6.31. The van der Waals surface area contributed by atoms with Gasteiger partial charge in [0.05, 0.1) is 18.8 Å². The lowest BCUT2D eigenvalue weighted by atomic mass is 9.90. The molecule has 0 unspecified atom stereocenters. The maximum Gasteiger partial charge on any atom is 0.328 e. The van der Waals surface area contributed by atoms with Crippen molar-refractivity contribution in [2.75, 3.05) is 6.61 Å². The number of benzene rings is 1. The van der Waals surface area contributed by atoms with Gasteiger partial charge < -0.3 is 14.4 Å². The minimum atomic E-state index is -1.04. The van der Waals surface area contributed by atoms with Gasteiger partial charge in [-0.15, -0.1) is 0 Å². The summed E-state index contributed by atoms with van der Waals surface area (Å²) in [5.74, 6) is 1.04. The Balaban J connectivity index is 1.72. The fourth-order valence-corrected chi connectivity index (χ4v) is 4.06. The van der Waals surface area contributed by atoms with E-state index in [0.29, 0.717) is 29.0 Å². The Morgan fingerprint density at radius 2 is 2.07 bits per heavy atom. The van der Waals surface area contributed by atoms with E-state index in [-0.39, 0.29) is 5.15 Å². The summed E-state index contributed by atoms with van der Waals surface area (Å²) >= 11 is 12.6. The molecule has 1 aromatic carbocycles. The van der Waals surface area contributed by atoms with E-state index < -0.39 is 5.97 Å². The fraction of sp³-hybridized carbons (Fsp3) is 0.429. The van der Waals surface area contributed by atoms with Gasteiger partial charge in [0.1, 0.15) is 11.6 Å². The molecule has 1 N–H and O–H groups in total. The van der Waals surface area contributed by atoms with Crippen molar-refractivity contribution in [1.82, 2.24) is 9.55 Å². The van der Waals surface area contributed by atoms with Gasteiger partial charge >= 0.3 is 5.97 Å². The molecule has 1 heterocycles. The number of imidazole rings is 1. The number of hydrogen-bond acceptors (Lipinski definition) is 3. The lowest BCUT2D eigenvalue weighted by molar-refractivity contribution is -0.131. The number of hydrogen-bond donors (Lipinski definition) is 1. The second kappa shape index (κ2) is 9.48. The number of aromatic nitrogens is 2. The summed E-state index contributed by atoms with van der Waals surface area (Å²) in [6.45, 7) is 2.99. The van der Waals surface area contributed by atoms with Crippen LogP contribution in [0.4, 0.5) is 0 Å². The van der Waals surface area contributed by atoms with Crippen LogP contribution in [0.15, 0.2) is 24.3 Å². The molecule has 5 nitrogen and oxygen atoms in total. The van der Waals surface area contributed by atoms with Crippen molar-refractivity contribution in [1.29, 1.82) is 0 Å². The normalized spacial score (nSPS) is 15.2. The second-order valence-electron chi connectivity index (χ2n) is 7.16. The molecule has 150 valence electrons. The standard InChI is InChI=1S/C21H24Cl2N2O3/c1-14-24-21(23)19(9-10-20(26)27)25(14)12-16-7-8-17(11-18(16)22)28-13-15-5-3-2-4-6-15/h7-11,15H,2-6,12-13H2,1H3,(H,26,27). The highest BCUT2D eigenvalue weighted by Crippen LogP contribution is 2.28. The first-order valence-corrected chi connectivity index (χ1v) is 10.2. The Kier molecular flexibility index (Phi) is 7.03. The molecule has 2 aromatic rings. The fourth-order valence-electron chi connectivity index (χ4n) is 3.54. The highest BCUT2D eigenvalue weighted by Gasteiger charge is 2.16. The van der Waals surface area contributed by atoms with Gasteiger partial charge in [-0.25, -0.2) is 9.78 Å². The van der Waals surface area contributed by atoms with E-state index in [1.165, 1.54) is 38.2 Å². The second-order valence-corrected chi connectivity index (χ2v) is 7.93. The van der Waals surface area contributed by atoms with Crippen LogP contribution in [-0.4, -0.2) is 27.2 Å². The van der Waals surface area contributed by atoms with Crippen LogP contribution in [-0.2, 0) is 11.3 Å². The average molecular weight is 423 g/mol. The van der Waals surface area contributed by atoms with Gasteiger partial charge in [-0.05, 0) is 49.5 Å². The number of aliphatic carboxylic acids is 1. The third-order valence-corrected chi connectivity index (χ3v) is 5.73. The van der Waals surface area contributed by atoms with Gasteiger partial charge in [0, 0.05) is 11.1 Å². The Labute approximate surface area is 174 Å². The van der Waals surface area contributed by atoms with Crippen LogP contribution in [0.3, 0.4) is 0 Å². The molecule has 0 atom stereocenters. The quantitative estimate of drug-likeness (QED) is 0.589. The van der Waals surface area contributed by atoms with E-state index in [1.54, 1.807) is 0 Å². The third kappa shape index (κ3) is 5.30. The first-order chi connectivity index (χ1) is 13.4. The minimum Gasteiger partial charge on any atom is -0.493 e. The predicted octanol–water partition coefficient (Wildman–Crippen LogP) is 5.60. The summed E-state index contributed by atoms with van der Waals surface area (Å²) in [7, 11) is 0. The SMILES string of the molecule is Cc1nc(Cl)c(C=CC(=O)O)n1Cc1ccc(OCC2CCCCC2)cc1Cl. The molecular weight excluding hydrogens is 399 g/mol. The summed E-state index contributed by atoms with van der Waals surface area (Å²) in [6, 6.07) is 5.68. The van der Waals surface area contributed by atoms with Gasteiger partial charge in [0.2, 0.25) is 0 Å². The molecule has 0 aliphatic heterocycles. The molecule has 0 saturated heterocycles. The van der Waals surface area contributed by atoms with Crippen LogP contribution in [0.25, 0.3) is 6.08 Å². The monoisotopic (exact) mass is 422 g/mol. The lowest BCUT2D eigenvalue weighted by Crippen LogP contribution is -2.15. The van der Waals surface area contributed by atoms with Gasteiger partial charge in [0.15, 0.2) is 5.15 Å². The number of carboxylic acid groups (broad SMARTS) is 1. The number of ether oxygens (including phenoxy) is 1. The van der Waals surface area contributed by atoms with Crippen molar-refractivity contribution in [2.24, 2.45) is 5.92 Å². The predicted molar refractivity (Wildman–Crippen MR) is 111 cm³/mol. The van der Waals surface area contributed by atoms with Gasteiger partial charge in [0.25, 0.3) is 0 Å². The number of halogens is 2. The Morgan fingerprint density at radius 1 is 1.32 bits per heavy atom. The molecule has 28 heavy (non-hydrogen) atoms. The van der Waals surface area contributed by atoms with E-state index in [0.717, 1.165) is 24.0 Å². The van der Waals surface area contributed by atoms with Crippen molar-refractivity contribution in [2.45, 2.75) is 45.6 Å². The average Bonchev–Trinajstić information content (AvgIpc) is 2.93. The maximum absolute atomic E-state index is 10.8. The molecule has 1 aliphatic carbocycles. The maximum atomic E-state index is 10.8. The van der Waals surface area contributed by atoms with Crippen molar-refractivity contribution in [3.8, 4) is 5.75 Å². The van der Waals surface area contributed by atoms with Gasteiger partial charge in [-0.1, -0.05) is 48.5 Å². The summed E-state index contributed by atoms with van der Waals surface area (Å²) < 4.78 is 7.79. The van der Waals surface area contributed by atoms with Crippen LogP contribution in [0.1, 0.15) is 49.2 Å². The summed E-state index contributed by atoms with van der Waals surface area (Å²) in [5.41, 5.74) is 1.42. The number of rotatable bonds is 7. The minimum absolute atomic E-state index is 0.263. The Hall–Kier alpha value is -1.98. The molecule has 0 spiro atoms. The van der Waals surface area contributed by atoms with Crippen LogP contribution >= 0.6 is 23.2 Å². The first-order valence-electron chi connectivity index (χ1n) is 9.49. The largest absolute Gasteiger partial charge is 0.493 e. The first kappa shape index (κ1) is 20.7. The zero-order valence-corrected chi connectivity index (χ0v) is 17.3. The van der Waals surface area contributed by atoms with E-state index in [4.69, 9.17) is 33.0 Å².